The van der Waals surface area contributed by atoms with E-state index in [4.69, 9.17) is 0 Å². The van der Waals surface area contributed by atoms with Crippen molar-refractivity contribution in [3.05, 3.63) is 0 Å². The Morgan fingerprint density at radius 3 is 2.27 bits per heavy atom. The van der Waals surface area contributed by atoms with Gasteiger partial charge in [0, 0.05) is 0 Å². The van der Waals surface area contributed by atoms with Crippen LogP contribution < -0.4 is 0 Å². The summed E-state index contributed by atoms with van der Waals surface area (Å²) < 4.78 is 0. The Morgan fingerprint density at radius 1 is 1.40 bits per heavy atom. The Morgan fingerprint density at radius 2 is 1.93 bits per heavy atom. The molecule has 0 saturated carbocycles. The minimum atomic E-state index is -1.02. The van der Waals surface area contributed by atoms with E-state index in [2.05, 4.69) is 33.6 Å². The van der Waals surface area contributed by atoms with E-state index < -0.39 is 7.26 Å². The number of carbonyl (C=O) groups is 1. The van der Waals surface area contributed by atoms with Gasteiger partial charge in [-0.3, -0.25) is 0 Å². The van der Waals surface area contributed by atoms with Crippen LogP contribution in [0.15, 0.2) is 0 Å². The molecule has 0 aromatic heterocycles. The molecule has 0 aliphatic rings. The molecule has 4 heteroatoms. The van der Waals surface area contributed by atoms with E-state index in [9.17, 15) is 4.79 Å². The molecular weight excluding hydrogens is 241 g/mol. The van der Waals surface area contributed by atoms with Gasteiger partial charge in [-0.2, -0.15) is 0 Å². The third-order valence-electron chi connectivity index (χ3n) is 2.59. The first kappa shape index (κ1) is 15.8. The minimum absolute atomic E-state index is 0.171. The van der Waals surface area contributed by atoms with Gasteiger partial charge in [0.2, 0.25) is 0 Å². The second-order valence-electron chi connectivity index (χ2n) is 4.82. The summed E-state index contributed by atoms with van der Waals surface area (Å²) in [6.45, 7) is 13.3. The first-order chi connectivity index (χ1) is 6.81. The first-order valence-corrected chi connectivity index (χ1v) is 12.4. The molecule has 0 bridgehead atoms. The summed E-state index contributed by atoms with van der Waals surface area (Å²) in [5, 5.41) is 0. The summed E-state index contributed by atoms with van der Waals surface area (Å²) in [6.07, 6.45) is 2.23. The summed E-state index contributed by atoms with van der Waals surface area (Å²) >= 11 is 0. The zero-order chi connectivity index (χ0) is 12.1. The van der Waals surface area contributed by atoms with E-state index in [-0.39, 0.29) is 7.02 Å². The molecule has 0 rings (SSSR count). The van der Waals surface area contributed by atoms with Gasteiger partial charge >= 0.3 is 97.5 Å². The van der Waals surface area contributed by atoms with Gasteiger partial charge in [-0.1, -0.05) is 0 Å². The van der Waals surface area contributed by atoms with E-state index >= 15 is 0 Å². The maximum atomic E-state index is 11.7. The Labute approximate surface area is 97.8 Å². The molecule has 0 fully saturated rings. The van der Waals surface area contributed by atoms with Crippen molar-refractivity contribution in [2.45, 2.75) is 32.3 Å². The van der Waals surface area contributed by atoms with Crippen LogP contribution in [0.1, 0.15) is 26.7 Å². The van der Waals surface area contributed by atoms with Crippen LogP contribution in [0.25, 0.3) is 0 Å². The molecule has 0 spiro atoms. The van der Waals surface area contributed by atoms with Gasteiger partial charge in [-0.15, -0.1) is 0 Å². The average molecular weight is 266 g/mol. The zero-order valence-electron chi connectivity index (χ0n) is 10.9. The fourth-order valence-electron chi connectivity index (χ4n) is 1.71. The van der Waals surface area contributed by atoms with Crippen molar-refractivity contribution in [2.75, 3.05) is 32.6 Å². The molecule has 0 heterocycles. The van der Waals surface area contributed by atoms with E-state index in [0.717, 1.165) is 12.8 Å². The summed E-state index contributed by atoms with van der Waals surface area (Å²) in [5.74, 6) is 1.69. The van der Waals surface area contributed by atoms with Crippen molar-refractivity contribution < 1.29 is 4.79 Å². The average Bonchev–Trinajstić information content (AvgIpc) is 2.10. The number of hydrogen-bond donors (Lipinski definition) is 0. The molecule has 0 aromatic rings. The molecule has 0 aromatic carbocycles. The van der Waals surface area contributed by atoms with Crippen LogP contribution in [0.5, 0.6) is 0 Å². The summed E-state index contributed by atoms with van der Waals surface area (Å²) in [7, 11) is 0.728. The molecule has 0 aliphatic heterocycles. The monoisotopic (exact) mass is 266 g/mol. The van der Waals surface area contributed by atoms with Crippen molar-refractivity contribution in [3.8, 4) is 0 Å². The fraction of sp³-hybridized carbons (Fsp3) is 0.909. The molecule has 1 nitrogen and oxygen atoms in total. The van der Waals surface area contributed by atoms with Crippen LogP contribution in [-0.4, -0.2) is 44.0 Å². The molecule has 0 saturated heterocycles. The van der Waals surface area contributed by atoms with Gasteiger partial charge in [-0.25, -0.2) is 0 Å². The Hall–Kier alpha value is 0.830. The number of ketones is 1. The Bertz CT molecular complexity index is 290. The third kappa shape index (κ3) is 6.21. The van der Waals surface area contributed by atoms with Crippen molar-refractivity contribution in [1.82, 2.24) is 0 Å². The molecular formula is C11H25OP3+2. The van der Waals surface area contributed by atoms with Gasteiger partial charge in [0.05, 0.1) is 0 Å². The molecule has 88 valence electrons. The molecule has 1 unspecified atom stereocenters. The van der Waals surface area contributed by atoms with Crippen molar-refractivity contribution in [3.63, 3.8) is 0 Å². The number of carbonyl (C=O) groups excluding carboxylic acids is 1. The van der Waals surface area contributed by atoms with Gasteiger partial charge in [0.15, 0.2) is 0 Å². The molecule has 0 radical (unpaired) electrons. The van der Waals surface area contributed by atoms with Crippen LogP contribution in [0.4, 0.5) is 0 Å². The fourth-order valence-corrected chi connectivity index (χ4v) is 12.0. The topological polar surface area (TPSA) is 17.1 Å². The molecule has 15 heavy (non-hydrogen) atoms. The third-order valence-corrected chi connectivity index (χ3v) is 11.7. The van der Waals surface area contributed by atoms with Gasteiger partial charge in [0.25, 0.3) is 0 Å². The predicted molar refractivity (Wildman–Crippen MR) is 78.7 cm³/mol. The second-order valence-corrected chi connectivity index (χ2v) is 15.4. The molecule has 0 N–H and O–H groups in total. The van der Waals surface area contributed by atoms with Crippen molar-refractivity contribution >= 4 is 27.8 Å². The van der Waals surface area contributed by atoms with E-state index in [1.165, 1.54) is 5.90 Å². The second kappa shape index (κ2) is 7.21. The Kier molecular flexibility index (Phi) is 7.61. The normalized spacial score (nSPS) is 13.5. The van der Waals surface area contributed by atoms with Crippen LogP contribution in [0, 0.1) is 0 Å². The van der Waals surface area contributed by atoms with Crippen molar-refractivity contribution in [2.24, 2.45) is 0 Å². The maximum absolute atomic E-state index is 11.7. The van der Waals surface area contributed by atoms with E-state index in [0.29, 0.717) is 11.4 Å². The summed E-state index contributed by atoms with van der Waals surface area (Å²) in [4.78, 5) is 11.7. The van der Waals surface area contributed by atoms with Crippen LogP contribution in [0.3, 0.4) is 0 Å². The van der Waals surface area contributed by atoms with Crippen molar-refractivity contribution in [1.29, 1.82) is 0 Å². The summed E-state index contributed by atoms with van der Waals surface area (Å²) in [5.41, 5.74) is 0.366. The SMILES string of the molecule is CCCC(C(C)=O)[P+](C)(C)C[P+]#P(C)C. The van der Waals surface area contributed by atoms with E-state index in [1.54, 1.807) is 14.6 Å². The predicted octanol–water partition coefficient (Wildman–Crippen LogP) is 4.58. The standard InChI is InChI=1S/C11H25OP3/c1-7-8-11(10(2)12)15(5,6)9-13-14(3)4/h11H,7-9H2,1-6H3/q+2. The Balaban J connectivity index is 4.70. The first-order valence-electron chi connectivity index (χ1n) is 5.49. The quantitative estimate of drug-likeness (QED) is 0.665. The number of rotatable bonds is 5. The van der Waals surface area contributed by atoms with Gasteiger partial charge in [-0.05, 0) is 0 Å². The zero-order valence-corrected chi connectivity index (χ0v) is 13.6. The van der Waals surface area contributed by atoms with Gasteiger partial charge < -0.3 is 0 Å². The summed E-state index contributed by atoms with van der Waals surface area (Å²) in [6, 6.07) is 0. The van der Waals surface area contributed by atoms with Crippen LogP contribution >= 0.6 is 22.0 Å². The van der Waals surface area contributed by atoms with Crippen LogP contribution in [-0.2, 0) is 4.79 Å². The number of hydrogen-bond acceptors (Lipinski definition) is 1. The number of Topliss-reactive ketones (excluding diaryl/α,β-unsaturated/α-hetero) is 1. The molecule has 1 atom stereocenters. The van der Waals surface area contributed by atoms with Crippen LogP contribution in [0.2, 0.25) is 0 Å². The molecule has 0 amide bonds. The van der Waals surface area contributed by atoms with Gasteiger partial charge in [0.1, 0.15) is 0 Å². The molecule has 0 aliphatic carbocycles. The van der Waals surface area contributed by atoms with E-state index in [1.807, 2.05) is 0 Å².